The summed E-state index contributed by atoms with van der Waals surface area (Å²) >= 11 is 0. The lowest BCUT2D eigenvalue weighted by molar-refractivity contribution is -0.135. The summed E-state index contributed by atoms with van der Waals surface area (Å²) in [5.74, 6) is 1.01. The minimum Gasteiger partial charge on any atom is -0.339 e. The summed E-state index contributed by atoms with van der Waals surface area (Å²) < 4.78 is 0. The van der Waals surface area contributed by atoms with Crippen LogP contribution in [0.2, 0.25) is 0 Å². The van der Waals surface area contributed by atoms with Gasteiger partial charge in [0.15, 0.2) is 0 Å². The van der Waals surface area contributed by atoms with E-state index < -0.39 is 0 Å². The predicted molar refractivity (Wildman–Crippen MR) is 96.0 cm³/mol. The van der Waals surface area contributed by atoms with Crippen LogP contribution < -0.4 is 0 Å². The zero-order valence-corrected chi connectivity index (χ0v) is 14.6. The van der Waals surface area contributed by atoms with Gasteiger partial charge in [0.2, 0.25) is 5.91 Å². The van der Waals surface area contributed by atoms with Crippen molar-refractivity contribution in [3.05, 3.63) is 35.9 Å². The van der Waals surface area contributed by atoms with Crippen molar-refractivity contribution in [3.8, 4) is 0 Å². The van der Waals surface area contributed by atoms with Crippen LogP contribution in [0.5, 0.6) is 0 Å². The number of benzene rings is 1. The first-order chi connectivity index (χ1) is 11.8. The van der Waals surface area contributed by atoms with E-state index in [9.17, 15) is 4.79 Å². The summed E-state index contributed by atoms with van der Waals surface area (Å²) in [6, 6.07) is 11.5. The summed E-state index contributed by atoms with van der Waals surface area (Å²) in [7, 11) is 0. The Kier molecular flexibility index (Phi) is 4.86. The van der Waals surface area contributed by atoms with E-state index in [-0.39, 0.29) is 0 Å². The Hall–Kier alpha value is -1.39. The van der Waals surface area contributed by atoms with E-state index >= 15 is 0 Å². The lowest BCUT2D eigenvalue weighted by Gasteiger charge is -2.39. The molecule has 3 heterocycles. The van der Waals surface area contributed by atoms with Gasteiger partial charge in [-0.1, -0.05) is 30.3 Å². The Labute approximate surface area is 145 Å². The molecular weight excluding hydrogens is 298 g/mol. The second-order valence-electron chi connectivity index (χ2n) is 7.63. The topological polar surface area (TPSA) is 26.8 Å². The molecule has 0 N–H and O–H groups in total. The molecule has 24 heavy (non-hydrogen) atoms. The number of rotatable bonds is 3. The number of piperazine rings is 1. The van der Waals surface area contributed by atoms with Crippen molar-refractivity contribution in [3.63, 3.8) is 0 Å². The fraction of sp³-hybridized carbons (Fsp3) is 0.650. The van der Waals surface area contributed by atoms with Crippen molar-refractivity contribution < 1.29 is 4.79 Å². The molecular formula is C20H29N3O. The fourth-order valence-corrected chi connectivity index (χ4v) is 4.66. The van der Waals surface area contributed by atoms with Gasteiger partial charge in [0.05, 0.1) is 6.54 Å². The third kappa shape index (κ3) is 3.50. The van der Waals surface area contributed by atoms with Crippen molar-refractivity contribution in [2.24, 2.45) is 0 Å². The van der Waals surface area contributed by atoms with Gasteiger partial charge < -0.3 is 4.90 Å². The van der Waals surface area contributed by atoms with Gasteiger partial charge in [-0.05, 0) is 56.8 Å². The van der Waals surface area contributed by atoms with E-state index in [4.69, 9.17) is 0 Å². The molecule has 3 fully saturated rings. The minimum atomic E-state index is 0.347. The molecule has 130 valence electrons. The lowest BCUT2D eigenvalue weighted by Crippen LogP contribution is -2.54. The summed E-state index contributed by atoms with van der Waals surface area (Å²) in [5.41, 5.74) is 1.46. The quantitative estimate of drug-likeness (QED) is 0.851. The molecule has 4 rings (SSSR count). The molecule has 4 nitrogen and oxygen atoms in total. The molecule has 0 radical (unpaired) electrons. The van der Waals surface area contributed by atoms with E-state index in [2.05, 4.69) is 45.0 Å². The summed E-state index contributed by atoms with van der Waals surface area (Å²) in [6.45, 7) is 6.92. The number of hydrogen-bond acceptors (Lipinski definition) is 3. The van der Waals surface area contributed by atoms with Crippen molar-refractivity contribution in [2.45, 2.75) is 37.6 Å². The van der Waals surface area contributed by atoms with Crippen LogP contribution in [0, 0.1) is 0 Å². The van der Waals surface area contributed by atoms with Crippen molar-refractivity contribution in [2.75, 3.05) is 45.8 Å². The van der Waals surface area contributed by atoms with E-state index in [1.807, 2.05) is 0 Å². The first kappa shape index (κ1) is 16.1. The van der Waals surface area contributed by atoms with Crippen LogP contribution in [-0.4, -0.2) is 72.5 Å². The molecule has 1 aromatic carbocycles. The number of carbonyl (C=O) groups is 1. The molecule has 4 heteroatoms. The average molecular weight is 327 g/mol. The Morgan fingerprint density at radius 3 is 2.54 bits per heavy atom. The van der Waals surface area contributed by atoms with E-state index in [1.54, 1.807) is 0 Å². The molecule has 0 spiro atoms. The molecule has 1 atom stereocenters. The number of likely N-dealkylation sites (tertiary alicyclic amines) is 1. The van der Waals surface area contributed by atoms with Gasteiger partial charge in [-0.3, -0.25) is 14.6 Å². The van der Waals surface area contributed by atoms with Crippen molar-refractivity contribution in [1.29, 1.82) is 0 Å². The van der Waals surface area contributed by atoms with Crippen molar-refractivity contribution >= 4 is 5.91 Å². The molecule has 1 amide bonds. The monoisotopic (exact) mass is 327 g/mol. The molecule has 0 saturated carbocycles. The zero-order valence-electron chi connectivity index (χ0n) is 14.6. The zero-order chi connectivity index (χ0) is 16.4. The number of piperidine rings is 1. The summed E-state index contributed by atoms with van der Waals surface area (Å²) in [6.07, 6.45) is 4.92. The van der Waals surface area contributed by atoms with Crippen LogP contribution >= 0.6 is 0 Å². The standard InChI is InChI=1S/C20H29N3O/c24-20(23-14-13-22-10-4-7-19(22)15-23)16-21-11-8-18(9-12-21)17-5-2-1-3-6-17/h1-3,5-6,18-19H,4,7-16H2/t19-/m1/s1. The molecule has 0 aromatic heterocycles. The number of fused-ring (bicyclic) bond motifs is 1. The highest BCUT2D eigenvalue weighted by Crippen LogP contribution is 2.28. The van der Waals surface area contributed by atoms with Crippen LogP contribution in [0.15, 0.2) is 30.3 Å². The smallest absolute Gasteiger partial charge is 0.236 e. The summed E-state index contributed by atoms with van der Waals surface area (Å²) in [5, 5.41) is 0. The molecule has 3 saturated heterocycles. The van der Waals surface area contributed by atoms with Gasteiger partial charge in [0.1, 0.15) is 0 Å². The first-order valence-corrected chi connectivity index (χ1v) is 9.59. The van der Waals surface area contributed by atoms with Gasteiger partial charge in [-0.15, -0.1) is 0 Å². The molecule has 0 aliphatic carbocycles. The maximum Gasteiger partial charge on any atom is 0.236 e. The highest BCUT2D eigenvalue weighted by Gasteiger charge is 2.33. The highest BCUT2D eigenvalue weighted by molar-refractivity contribution is 5.78. The van der Waals surface area contributed by atoms with Gasteiger partial charge in [0, 0.05) is 25.7 Å². The second-order valence-corrected chi connectivity index (χ2v) is 7.63. The number of amides is 1. The Bertz CT molecular complexity index is 553. The van der Waals surface area contributed by atoms with E-state index in [1.165, 1.54) is 37.8 Å². The third-order valence-electron chi connectivity index (χ3n) is 6.16. The van der Waals surface area contributed by atoms with Crippen LogP contribution in [0.3, 0.4) is 0 Å². The van der Waals surface area contributed by atoms with Gasteiger partial charge in [-0.2, -0.15) is 0 Å². The Morgan fingerprint density at radius 2 is 1.75 bits per heavy atom. The second kappa shape index (κ2) is 7.24. The minimum absolute atomic E-state index is 0.347. The lowest BCUT2D eigenvalue weighted by atomic mass is 9.89. The van der Waals surface area contributed by atoms with Gasteiger partial charge in [-0.25, -0.2) is 0 Å². The molecule has 3 aliphatic heterocycles. The molecule has 0 unspecified atom stereocenters. The summed E-state index contributed by atoms with van der Waals surface area (Å²) in [4.78, 5) is 19.7. The van der Waals surface area contributed by atoms with Gasteiger partial charge >= 0.3 is 0 Å². The van der Waals surface area contributed by atoms with Crippen LogP contribution in [0.25, 0.3) is 0 Å². The van der Waals surface area contributed by atoms with E-state index in [0.29, 0.717) is 24.4 Å². The highest BCUT2D eigenvalue weighted by atomic mass is 16.2. The number of nitrogens with zero attached hydrogens (tertiary/aromatic N) is 3. The molecule has 3 aliphatic rings. The Morgan fingerprint density at radius 1 is 0.958 bits per heavy atom. The van der Waals surface area contributed by atoms with Crippen LogP contribution in [0.1, 0.15) is 37.2 Å². The number of carbonyl (C=O) groups excluding carboxylic acids is 1. The maximum atomic E-state index is 12.7. The normalized spacial score (nSPS) is 26.5. The Balaban J connectivity index is 1.25. The fourth-order valence-electron chi connectivity index (χ4n) is 4.66. The number of hydrogen-bond donors (Lipinski definition) is 0. The maximum absolute atomic E-state index is 12.7. The predicted octanol–water partition coefficient (Wildman–Crippen LogP) is 2.17. The first-order valence-electron chi connectivity index (χ1n) is 9.59. The molecule has 0 bridgehead atoms. The van der Waals surface area contributed by atoms with Gasteiger partial charge in [0.25, 0.3) is 0 Å². The van der Waals surface area contributed by atoms with Crippen LogP contribution in [-0.2, 0) is 4.79 Å². The molecule has 1 aromatic rings. The average Bonchev–Trinajstić information content (AvgIpc) is 3.11. The van der Waals surface area contributed by atoms with E-state index in [0.717, 1.165) is 32.7 Å². The largest absolute Gasteiger partial charge is 0.339 e. The third-order valence-corrected chi connectivity index (χ3v) is 6.16. The van der Waals surface area contributed by atoms with Crippen molar-refractivity contribution in [1.82, 2.24) is 14.7 Å². The SMILES string of the molecule is O=C(CN1CCC(c2ccccc2)CC1)N1CCN2CCC[C@@H]2C1. The van der Waals surface area contributed by atoms with Crippen LogP contribution in [0.4, 0.5) is 0 Å².